The summed E-state index contributed by atoms with van der Waals surface area (Å²) in [5.74, 6) is -0.147. The zero-order valence-electron chi connectivity index (χ0n) is 11.8. The third kappa shape index (κ3) is 3.82. The number of carbonyl (C=O) groups is 1. The molecular weight excluding hydrogens is 274 g/mol. The summed E-state index contributed by atoms with van der Waals surface area (Å²) in [7, 11) is -3.36. The molecular formula is C15H21NO3S. The van der Waals surface area contributed by atoms with Gasteiger partial charge in [0.15, 0.2) is 9.84 Å². The zero-order chi connectivity index (χ0) is 14.6. The lowest BCUT2D eigenvalue weighted by molar-refractivity contribution is -0.131. The molecule has 5 heteroatoms. The quantitative estimate of drug-likeness (QED) is 0.855. The van der Waals surface area contributed by atoms with Gasteiger partial charge in [0.25, 0.3) is 0 Å². The van der Waals surface area contributed by atoms with Crippen molar-refractivity contribution in [1.82, 2.24) is 4.90 Å². The maximum Gasteiger partial charge on any atom is 0.223 e. The van der Waals surface area contributed by atoms with Crippen LogP contribution in [0.25, 0.3) is 0 Å². The average Bonchev–Trinajstić information content (AvgIpc) is 2.46. The molecule has 1 saturated heterocycles. The zero-order valence-corrected chi connectivity index (χ0v) is 12.7. The van der Waals surface area contributed by atoms with Crippen LogP contribution in [-0.4, -0.2) is 38.1 Å². The van der Waals surface area contributed by atoms with Gasteiger partial charge in [0.05, 0.1) is 10.6 Å². The Morgan fingerprint density at radius 1 is 1.10 bits per heavy atom. The van der Waals surface area contributed by atoms with E-state index in [2.05, 4.69) is 0 Å². The predicted molar refractivity (Wildman–Crippen MR) is 78.3 cm³/mol. The molecule has 2 rings (SSSR count). The maximum atomic E-state index is 12.2. The van der Waals surface area contributed by atoms with Crippen LogP contribution in [0, 0.1) is 6.92 Å². The van der Waals surface area contributed by atoms with Gasteiger partial charge in [0.2, 0.25) is 5.91 Å². The fraction of sp³-hybridized carbons (Fsp3) is 0.533. The van der Waals surface area contributed by atoms with Crippen molar-refractivity contribution in [3.8, 4) is 0 Å². The number of sulfone groups is 1. The summed E-state index contributed by atoms with van der Waals surface area (Å²) in [6, 6.07) is 6.77. The molecule has 1 fully saturated rings. The van der Waals surface area contributed by atoms with E-state index in [0.717, 1.165) is 37.9 Å². The second-order valence-corrected chi connectivity index (χ2v) is 7.43. The first kappa shape index (κ1) is 15.0. The number of carbonyl (C=O) groups excluding carboxylic acids is 1. The summed E-state index contributed by atoms with van der Waals surface area (Å²) in [5.41, 5.74) is 1.02. The normalized spacial score (nSPS) is 16.1. The predicted octanol–water partition coefficient (Wildman–Crippen LogP) is 2.17. The molecule has 0 atom stereocenters. The largest absolute Gasteiger partial charge is 0.343 e. The topological polar surface area (TPSA) is 54.5 Å². The first-order valence-corrected chi connectivity index (χ1v) is 8.71. The first-order chi connectivity index (χ1) is 9.49. The molecule has 0 spiro atoms. The summed E-state index contributed by atoms with van der Waals surface area (Å²) >= 11 is 0. The van der Waals surface area contributed by atoms with Crippen molar-refractivity contribution in [1.29, 1.82) is 0 Å². The van der Waals surface area contributed by atoms with E-state index in [1.54, 1.807) is 29.2 Å². The summed E-state index contributed by atoms with van der Waals surface area (Å²) in [6.07, 6.45) is 3.29. The van der Waals surface area contributed by atoms with Crippen LogP contribution >= 0.6 is 0 Å². The molecule has 0 aromatic heterocycles. The number of rotatable bonds is 4. The molecule has 1 amide bonds. The molecule has 1 aromatic rings. The van der Waals surface area contributed by atoms with Gasteiger partial charge in [-0.1, -0.05) is 17.7 Å². The van der Waals surface area contributed by atoms with Crippen molar-refractivity contribution in [2.75, 3.05) is 18.8 Å². The number of hydrogen-bond acceptors (Lipinski definition) is 3. The number of aryl methyl sites for hydroxylation is 1. The second-order valence-electron chi connectivity index (χ2n) is 5.32. The summed E-state index contributed by atoms with van der Waals surface area (Å²) in [6.45, 7) is 3.45. The van der Waals surface area contributed by atoms with Crippen LogP contribution in [0.3, 0.4) is 0 Å². The van der Waals surface area contributed by atoms with Crippen LogP contribution in [0.15, 0.2) is 29.2 Å². The van der Waals surface area contributed by atoms with Crippen molar-refractivity contribution in [3.63, 3.8) is 0 Å². The van der Waals surface area contributed by atoms with Gasteiger partial charge in [0, 0.05) is 19.5 Å². The Hall–Kier alpha value is -1.36. The lowest BCUT2D eigenvalue weighted by Gasteiger charge is -2.26. The number of benzene rings is 1. The van der Waals surface area contributed by atoms with Gasteiger partial charge in [0.1, 0.15) is 0 Å². The monoisotopic (exact) mass is 295 g/mol. The van der Waals surface area contributed by atoms with Gasteiger partial charge >= 0.3 is 0 Å². The third-order valence-corrected chi connectivity index (χ3v) is 5.41. The van der Waals surface area contributed by atoms with Gasteiger partial charge in [-0.3, -0.25) is 4.79 Å². The van der Waals surface area contributed by atoms with E-state index in [4.69, 9.17) is 0 Å². The molecule has 1 aromatic carbocycles. The van der Waals surface area contributed by atoms with E-state index in [1.165, 1.54) is 0 Å². The molecule has 0 bridgehead atoms. The SMILES string of the molecule is Cc1ccc(S(=O)(=O)CCC(=O)N2CCCCC2)cc1. The maximum absolute atomic E-state index is 12.2. The molecule has 20 heavy (non-hydrogen) atoms. The van der Waals surface area contributed by atoms with Gasteiger partial charge in [-0.15, -0.1) is 0 Å². The van der Waals surface area contributed by atoms with Crippen LogP contribution in [0.4, 0.5) is 0 Å². The summed E-state index contributed by atoms with van der Waals surface area (Å²) < 4.78 is 24.3. The molecule has 0 unspecified atom stereocenters. The highest BCUT2D eigenvalue weighted by Gasteiger charge is 2.20. The van der Waals surface area contributed by atoms with E-state index in [1.807, 2.05) is 6.92 Å². The Labute approximate surface area is 120 Å². The lowest BCUT2D eigenvalue weighted by Crippen LogP contribution is -2.36. The number of piperidine rings is 1. The third-order valence-electron chi connectivity index (χ3n) is 3.67. The highest BCUT2D eigenvalue weighted by Crippen LogP contribution is 2.15. The van der Waals surface area contributed by atoms with E-state index < -0.39 is 9.84 Å². The van der Waals surface area contributed by atoms with E-state index in [9.17, 15) is 13.2 Å². The highest BCUT2D eigenvalue weighted by molar-refractivity contribution is 7.91. The van der Waals surface area contributed by atoms with Crippen LogP contribution in [0.2, 0.25) is 0 Å². The lowest BCUT2D eigenvalue weighted by atomic mass is 10.1. The molecule has 0 N–H and O–H groups in total. The van der Waals surface area contributed by atoms with Gasteiger partial charge in [-0.25, -0.2) is 8.42 Å². The number of likely N-dealkylation sites (tertiary alicyclic amines) is 1. The fourth-order valence-electron chi connectivity index (χ4n) is 2.39. The second kappa shape index (κ2) is 6.39. The molecule has 0 saturated carbocycles. The van der Waals surface area contributed by atoms with Crippen LogP contribution in [0.1, 0.15) is 31.2 Å². The van der Waals surface area contributed by atoms with Crippen molar-refractivity contribution in [3.05, 3.63) is 29.8 Å². The van der Waals surface area contributed by atoms with E-state index >= 15 is 0 Å². The molecule has 0 radical (unpaired) electrons. The van der Waals surface area contributed by atoms with Crippen LogP contribution < -0.4 is 0 Å². The van der Waals surface area contributed by atoms with Crippen molar-refractivity contribution in [2.24, 2.45) is 0 Å². The Bertz CT molecular complexity index is 557. The Balaban J connectivity index is 1.95. The average molecular weight is 295 g/mol. The summed E-state index contributed by atoms with van der Waals surface area (Å²) in [4.78, 5) is 14.1. The Morgan fingerprint density at radius 2 is 1.70 bits per heavy atom. The molecule has 1 aliphatic heterocycles. The standard InChI is InChI=1S/C15H21NO3S/c1-13-5-7-14(8-6-13)20(18,19)12-9-15(17)16-10-3-2-4-11-16/h5-8H,2-4,9-12H2,1H3. The van der Waals surface area contributed by atoms with Gasteiger partial charge < -0.3 is 4.90 Å². The Kier molecular flexibility index (Phi) is 4.81. The van der Waals surface area contributed by atoms with Crippen molar-refractivity contribution in [2.45, 2.75) is 37.5 Å². The molecule has 4 nitrogen and oxygen atoms in total. The molecule has 0 aliphatic carbocycles. The van der Waals surface area contributed by atoms with Crippen molar-refractivity contribution >= 4 is 15.7 Å². The minimum Gasteiger partial charge on any atom is -0.343 e. The minimum atomic E-state index is -3.36. The summed E-state index contributed by atoms with van der Waals surface area (Å²) in [5, 5.41) is 0. The number of nitrogens with zero attached hydrogens (tertiary/aromatic N) is 1. The first-order valence-electron chi connectivity index (χ1n) is 7.06. The van der Waals surface area contributed by atoms with Gasteiger partial charge in [-0.05, 0) is 38.3 Å². The van der Waals surface area contributed by atoms with Gasteiger partial charge in [-0.2, -0.15) is 0 Å². The molecule has 1 aliphatic rings. The smallest absolute Gasteiger partial charge is 0.223 e. The van der Waals surface area contributed by atoms with Crippen molar-refractivity contribution < 1.29 is 13.2 Å². The number of hydrogen-bond donors (Lipinski definition) is 0. The fourth-order valence-corrected chi connectivity index (χ4v) is 3.62. The number of amides is 1. The highest BCUT2D eigenvalue weighted by atomic mass is 32.2. The van der Waals surface area contributed by atoms with E-state index in [-0.39, 0.29) is 18.1 Å². The van der Waals surface area contributed by atoms with Crippen LogP contribution in [0.5, 0.6) is 0 Å². The van der Waals surface area contributed by atoms with E-state index in [0.29, 0.717) is 4.90 Å². The molecule has 1 heterocycles. The molecule has 110 valence electrons. The van der Waals surface area contributed by atoms with Crippen LogP contribution in [-0.2, 0) is 14.6 Å². The Morgan fingerprint density at radius 3 is 2.30 bits per heavy atom. The minimum absolute atomic E-state index is 0.0413.